The first-order valence-corrected chi connectivity index (χ1v) is 7.11. The van der Waals surface area contributed by atoms with Gasteiger partial charge in [0.1, 0.15) is 5.75 Å². The van der Waals surface area contributed by atoms with Crippen LogP contribution >= 0.6 is 0 Å². The van der Waals surface area contributed by atoms with Gasteiger partial charge in [-0.05, 0) is 11.5 Å². The molecule has 1 aromatic carbocycles. The van der Waals surface area contributed by atoms with Crippen LogP contribution in [0.4, 0.5) is 4.79 Å². The number of carbonyl (C=O) groups excluding carboxylic acids is 1. The van der Waals surface area contributed by atoms with Gasteiger partial charge in [0.25, 0.3) is 0 Å². The molecule has 1 aromatic rings. The minimum atomic E-state index is -0.0263. The molecule has 1 unspecified atom stereocenters. The van der Waals surface area contributed by atoms with Crippen molar-refractivity contribution in [2.75, 3.05) is 20.2 Å². The highest BCUT2D eigenvalue weighted by Gasteiger charge is 2.27. The summed E-state index contributed by atoms with van der Waals surface area (Å²) in [5, 5.41) is 3.00. The number of para-hydroxylation sites is 1. The van der Waals surface area contributed by atoms with Crippen molar-refractivity contribution in [3.8, 4) is 5.75 Å². The van der Waals surface area contributed by atoms with E-state index in [1.165, 1.54) is 0 Å². The lowest BCUT2D eigenvalue weighted by Crippen LogP contribution is -2.43. The van der Waals surface area contributed by atoms with E-state index in [2.05, 4.69) is 26.1 Å². The van der Waals surface area contributed by atoms with Gasteiger partial charge in [0.15, 0.2) is 0 Å². The minimum Gasteiger partial charge on any atom is -0.493 e. The van der Waals surface area contributed by atoms with Crippen LogP contribution in [-0.2, 0) is 0 Å². The van der Waals surface area contributed by atoms with Crippen LogP contribution in [0.1, 0.15) is 38.8 Å². The Morgan fingerprint density at radius 3 is 2.80 bits per heavy atom. The maximum absolute atomic E-state index is 12.3. The molecule has 0 radical (unpaired) electrons. The average Bonchev–Trinajstić information content (AvgIpc) is 2.42. The highest BCUT2D eigenvalue weighted by atomic mass is 16.5. The molecule has 2 rings (SSSR count). The van der Waals surface area contributed by atoms with Gasteiger partial charge in [-0.15, -0.1) is 0 Å². The van der Waals surface area contributed by atoms with Crippen LogP contribution in [0.15, 0.2) is 24.3 Å². The Balaban J connectivity index is 2.06. The van der Waals surface area contributed by atoms with Crippen LogP contribution in [0.3, 0.4) is 0 Å². The smallest absolute Gasteiger partial charge is 0.317 e. The zero-order valence-electron chi connectivity index (χ0n) is 12.8. The van der Waals surface area contributed by atoms with Gasteiger partial charge < -0.3 is 15.0 Å². The molecule has 1 aliphatic heterocycles. The predicted molar refractivity (Wildman–Crippen MR) is 79.9 cm³/mol. The molecule has 4 heteroatoms. The SMILES string of the molecule is CN(C(=O)NCC(C)(C)C)C1CCOc2ccccc21. The van der Waals surface area contributed by atoms with Gasteiger partial charge in [0.2, 0.25) is 0 Å². The van der Waals surface area contributed by atoms with Gasteiger partial charge in [-0.3, -0.25) is 0 Å². The Morgan fingerprint density at radius 2 is 2.10 bits per heavy atom. The molecule has 0 aromatic heterocycles. The van der Waals surface area contributed by atoms with Gasteiger partial charge in [0.05, 0.1) is 12.6 Å². The average molecular weight is 276 g/mol. The molecule has 1 aliphatic rings. The van der Waals surface area contributed by atoms with E-state index in [4.69, 9.17) is 4.74 Å². The van der Waals surface area contributed by atoms with Crippen molar-refractivity contribution in [1.82, 2.24) is 10.2 Å². The zero-order valence-corrected chi connectivity index (χ0v) is 12.8. The summed E-state index contributed by atoms with van der Waals surface area (Å²) in [7, 11) is 1.85. The molecule has 2 amide bonds. The third-order valence-electron chi connectivity index (χ3n) is 3.48. The number of amides is 2. The maximum atomic E-state index is 12.3. The lowest BCUT2D eigenvalue weighted by atomic mass is 9.97. The third-order valence-corrected chi connectivity index (χ3v) is 3.48. The topological polar surface area (TPSA) is 41.6 Å². The Hall–Kier alpha value is -1.71. The van der Waals surface area contributed by atoms with E-state index in [1.54, 1.807) is 4.90 Å². The summed E-state index contributed by atoms with van der Waals surface area (Å²) in [6.07, 6.45) is 0.830. The summed E-state index contributed by atoms with van der Waals surface area (Å²) < 4.78 is 5.64. The lowest BCUT2D eigenvalue weighted by molar-refractivity contribution is 0.159. The number of ether oxygens (including phenoxy) is 1. The van der Waals surface area contributed by atoms with Crippen LogP contribution in [0.25, 0.3) is 0 Å². The maximum Gasteiger partial charge on any atom is 0.317 e. The van der Waals surface area contributed by atoms with E-state index >= 15 is 0 Å². The van der Waals surface area contributed by atoms with Crippen molar-refractivity contribution >= 4 is 6.03 Å². The standard InChI is InChI=1S/C16H24N2O2/c1-16(2,3)11-17-15(19)18(4)13-9-10-20-14-8-6-5-7-12(13)14/h5-8,13H,9-11H2,1-4H3,(H,17,19). The van der Waals surface area contributed by atoms with Gasteiger partial charge in [0, 0.05) is 25.6 Å². The number of fused-ring (bicyclic) bond motifs is 1. The summed E-state index contributed by atoms with van der Waals surface area (Å²) in [6, 6.07) is 8.00. The molecule has 1 atom stereocenters. The molecule has 1 heterocycles. The molecule has 4 nitrogen and oxygen atoms in total. The van der Waals surface area contributed by atoms with E-state index < -0.39 is 0 Å². The molecule has 20 heavy (non-hydrogen) atoms. The largest absolute Gasteiger partial charge is 0.493 e. The molecule has 110 valence electrons. The summed E-state index contributed by atoms with van der Waals surface area (Å²) in [4.78, 5) is 14.1. The van der Waals surface area contributed by atoms with Crippen molar-refractivity contribution in [2.24, 2.45) is 5.41 Å². The molecule has 0 spiro atoms. The zero-order chi connectivity index (χ0) is 14.8. The van der Waals surface area contributed by atoms with Crippen LogP contribution in [0, 0.1) is 5.41 Å². The van der Waals surface area contributed by atoms with E-state index in [0.717, 1.165) is 17.7 Å². The van der Waals surface area contributed by atoms with Crippen molar-refractivity contribution in [3.05, 3.63) is 29.8 Å². The monoisotopic (exact) mass is 276 g/mol. The Morgan fingerprint density at radius 1 is 1.40 bits per heavy atom. The molecule has 0 fully saturated rings. The number of benzene rings is 1. The van der Waals surface area contributed by atoms with Gasteiger partial charge in [-0.2, -0.15) is 0 Å². The molecule has 0 bridgehead atoms. The summed E-state index contributed by atoms with van der Waals surface area (Å²) in [5.41, 5.74) is 1.18. The molecular weight excluding hydrogens is 252 g/mol. The van der Waals surface area contributed by atoms with E-state index in [9.17, 15) is 4.79 Å². The van der Waals surface area contributed by atoms with Gasteiger partial charge in [-0.25, -0.2) is 4.79 Å². The highest BCUT2D eigenvalue weighted by molar-refractivity contribution is 5.74. The summed E-state index contributed by atoms with van der Waals surface area (Å²) in [6.45, 7) is 7.64. The van der Waals surface area contributed by atoms with E-state index in [1.807, 2.05) is 31.3 Å². The fraction of sp³-hybridized carbons (Fsp3) is 0.562. The van der Waals surface area contributed by atoms with E-state index in [-0.39, 0.29) is 17.5 Å². The molecule has 0 saturated heterocycles. The first kappa shape index (κ1) is 14.7. The number of urea groups is 1. The number of hydrogen-bond donors (Lipinski definition) is 1. The first-order valence-electron chi connectivity index (χ1n) is 7.11. The fourth-order valence-corrected chi connectivity index (χ4v) is 2.33. The number of nitrogens with one attached hydrogen (secondary N) is 1. The highest BCUT2D eigenvalue weighted by Crippen LogP contribution is 2.34. The quantitative estimate of drug-likeness (QED) is 0.901. The van der Waals surface area contributed by atoms with Crippen LogP contribution < -0.4 is 10.1 Å². The van der Waals surface area contributed by atoms with Gasteiger partial charge in [-0.1, -0.05) is 39.0 Å². The van der Waals surface area contributed by atoms with E-state index in [0.29, 0.717) is 13.2 Å². The van der Waals surface area contributed by atoms with Crippen LogP contribution in [0.5, 0.6) is 5.75 Å². The minimum absolute atomic E-state index is 0.0263. The molecule has 0 aliphatic carbocycles. The van der Waals surface area contributed by atoms with Crippen molar-refractivity contribution < 1.29 is 9.53 Å². The lowest BCUT2D eigenvalue weighted by Gasteiger charge is -2.33. The Bertz CT molecular complexity index is 480. The second-order valence-electron chi connectivity index (χ2n) is 6.52. The normalized spacial score (nSPS) is 17.9. The molecule has 1 N–H and O–H groups in total. The number of rotatable bonds is 2. The third kappa shape index (κ3) is 3.44. The second-order valence-corrected chi connectivity index (χ2v) is 6.52. The van der Waals surface area contributed by atoms with Crippen LogP contribution in [0.2, 0.25) is 0 Å². The Labute approximate surface area is 121 Å². The van der Waals surface area contributed by atoms with Crippen LogP contribution in [-0.4, -0.2) is 31.1 Å². The molecule has 0 saturated carbocycles. The fourth-order valence-electron chi connectivity index (χ4n) is 2.33. The summed E-state index contributed by atoms with van der Waals surface area (Å²) in [5.74, 6) is 0.888. The van der Waals surface area contributed by atoms with Gasteiger partial charge >= 0.3 is 6.03 Å². The summed E-state index contributed by atoms with van der Waals surface area (Å²) >= 11 is 0. The number of hydrogen-bond acceptors (Lipinski definition) is 2. The predicted octanol–water partition coefficient (Wildman–Crippen LogP) is 3.20. The second kappa shape index (κ2) is 5.73. The van der Waals surface area contributed by atoms with Crippen molar-refractivity contribution in [2.45, 2.75) is 33.2 Å². The molecular formula is C16H24N2O2. The van der Waals surface area contributed by atoms with Crippen molar-refractivity contribution in [1.29, 1.82) is 0 Å². The van der Waals surface area contributed by atoms with Crippen molar-refractivity contribution in [3.63, 3.8) is 0 Å². The first-order chi connectivity index (χ1) is 9.38. The number of carbonyl (C=O) groups is 1. The number of nitrogens with zero attached hydrogens (tertiary/aromatic N) is 1. The Kier molecular flexibility index (Phi) is 4.21.